The van der Waals surface area contributed by atoms with Crippen LogP contribution in [0.1, 0.15) is 91.9 Å². The van der Waals surface area contributed by atoms with E-state index in [4.69, 9.17) is 14.2 Å². The average molecular weight is 637 g/mol. The van der Waals surface area contributed by atoms with Crippen molar-refractivity contribution in [3.63, 3.8) is 0 Å². The molecule has 0 N–H and O–H groups in total. The SMILES string of the molecule is CCCCCCCCCCCCOc1cc(OC(=O)OC(C)(C)C)c(N=Nc2ccc(N=Nc3ccccc3)cc2)c2ccccc12. The Kier molecular flexibility index (Phi) is 13.9. The Morgan fingerprint density at radius 1 is 0.596 bits per heavy atom. The second kappa shape index (κ2) is 18.5. The lowest BCUT2D eigenvalue weighted by atomic mass is 10.1. The number of rotatable bonds is 17. The minimum Gasteiger partial charge on any atom is -0.493 e. The first-order valence-corrected chi connectivity index (χ1v) is 16.9. The maximum absolute atomic E-state index is 12.8. The second-order valence-corrected chi connectivity index (χ2v) is 12.6. The Labute approximate surface area is 279 Å². The molecule has 0 atom stereocenters. The zero-order valence-corrected chi connectivity index (χ0v) is 28.3. The maximum Gasteiger partial charge on any atom is 0.514 e. The Morgan fingerprint density at radius 3 is 1.70 bits per heavy atom. The zero-order valence-electron chi connectivity index (χ0n) is 28.3. The summed E-state index contributed by atoms with van der Waals surface area (Å²) in [6.45, 7) is 8.20. The van der Waals surface area contributed by atoms with E-state index in [1.807, 2.05) is 78.9 Å². The van der Waals surface area contributed by atoms with Crippen LogP contribution in [0.25, 0.3) is 10.8 Å². The van der Waals surface area contributed by atoms with Crippen LogP contribution in [-0.2, 0) is 4.74 Å². The van der Waals surface area contributed by atoms with Crippen molar-refractivity contribution in [2.75, 3.05) is 6.61 Å². The number of carbonyl (C=O) groups is 1. The van der Waals surface area contributed by atoms with Crippen LogP contribution in [0.5, 0.6) is 11.5 Å². The molecule has 4 aromatic rings. The van der Waals surface area contributed by atoms with Gasteiger partial charge in [0.2, 0.25) is 0 Å². The van der Waals surface area contributed by atoms with Crippen molar-refractivity contribution in [3.8, 4) is 11.5 Å². The van der Waals surface area contributed by atoms with Gasteiger partial charge in [0.25, 0.3) is 0 Å². The summed E-state index contributed by atoms with van der Waals surface area (Å²) in [7, 11) is 0. The molecular formula is C39H48N4O4. The van der Waals surface area contributed by atoms with Gasteiger partial charge in [-0.1, -0.05) is 107 Å². The molecule has 0 amide bonds. The summed E-state index contributed by atoms with van der Waals surface area (Å²) in [6, 6.07) is 26.3. The molecule has 47 heavy (non-hydrogen) atoms. The molecule has 0 spiro atoms. The summed E-state index contributed by atoms with van der Waals surface area (Å²) < 4.78 is 17.5. The van der Waals surface area contributed by atoms with Crippen molar-refractivity contribution in [1.29, 1.82) is 0 Å². The molecule has 4 rings (SSSR count). The van der Waals surface area contributed by atoms with Crippen LogP contribution in [0, 0.1) is 0 Å². The molecule has 0 unspecified atom stereocenters. The fraction of sp³-hybridized carbons (Fsp3) is 0.410. The number of unbranched alkanes of at least 4 members (excludes halogenated alkanes) is 9. The average Bonchev–Trinajstić information content (AvgIpc) is 3.06. The number of nitrogens with zero attached hydrogens (tertiary/aromatic N) is 4. The summed E-state index contributed by atoms with van der Waals surface area (Å²) >= 11 is 0. The Morgan fingerprint density at radius 2 is 1.11 bits per heavy atom. The molecule has 0 fully saturated rings. The molecule has 0 saturated carbocycles. The van der Waals surface area contributed by atoms with Gasteiger partial charge in [0.1, 0.15) is 17.0 Å². The normalized spacial score (nSPS) is 11.8. The zero-order chi connectivity index (χ0) is 33.3. The van der Waals surface area contributed by atoms with Gasteiger partial charge in [0.15, 0.2) is 5.75 Å². The number of azo groups is 2. The molecular weight excluding hydrogens is 588 g/mol. The van der Waals surface area contributed by atoms with Gasteiger partial charge in [-0.2, -0.15) is 15.3 Å². The molecule has 0 heterocycles. The summed E-state index contributed by atoms with van der Waals surface area (Å²) in [5.41, 5.74) is 1.76. The number of ether oxygens (including phenoxy) is 3. The lowest BCUT2D eigenvalue weighted by Gasteiger charge is -2.20. The van der Waals surface area contributed by atoms with Crippen molar-refractivity contribution >= 4 is 39.7 Å². The van der Waals surface area contributed by atoms with Gasteiger partial charge in [-0.05, 0) is 63.6 Å². The minimum absolute atomic E-state index is 0.216. The molecule has 8 nitrogen and oxygen atoms in total. The number of hydrogen-bond acceptors (Lipinski definition) is 8. The molecule has 4 aromatic carbocycles. The number of fused-ring (bicyclic) bond motifs is 1. The van der Waals surface area contributed by atoms with E-state index in [0.29, 0.717) is 29.4 Å². The highest BCUT2D eigenvalue weighted by Crippen LogP contribution is 2.43. The van der Waals surface area contributed by atoms with E-state index in [0.717, 1.165) is 29.3 Å². The Bertz CT molecular complexity index is 1600. The highest BCUT2D eigenvalue weighted by molar-refractivity contribution is 6.00. The van der Waals surface area contributed by atoms with Crippen LogP contribution < -0.4 is 9.47 Å². The van der Waals surface area contributed by atoms with Gasteiger partial charge in [-0.15, -0.1) is 5.11 Å². The fourth-order valence-electron chi connectivity index (χ4n) is 5.04. The maximum atomic E-state index is 12.8. The highest BCUT2D eigenvalue weighted by atomic mass is 16.7. The third-order valence-corrected chi connectivity index (χ3v) is 7.43. The highest BCUT2D eigenvalue weighted by Gasteiger charge is 2.22. The van der Waals surface area contributed by atoms with E-state index in [-0.39, 0.29) is 5.75 Å². The van der Waals surface area contributed by atoms with Crippen molar-refractivity contribution < 1.29 is 19.0 Å². The quantitative estimate of drug-likeness (QED) is 0.0498. The molecule has 0 aliphatic carbocycles. The molecule has 248 valence electrons. The predicted octanol–water partition coefficient (Wildman–Crippen LogP) is 13.3. The lowest BCUT2D eigenvalue weighted by molar-refractivity contribution is 0.0207. The number of benzene rings is 4. The van der Waals surface area contributed by atoms with Crippen LogP contribution in [0.4, 0.5) is 27.5 Å². The van der Waals surface area contributed by atoms with Gasteiger partial charge < -0.3 is 14.2 Å². The fourth-order valence-corrected chi connectivity index (χ4v) is 5.04. The van der Waals surface area contributed by atoms with Crippen LogP contribution in [0.2, 0.25) is 0 Å². The van der Waals surface area contributed by atoms with Crippen molar-refractivity contribution in [1.82, 2.24) is 0 Å². The summed E-state index contributed by atoms with van der Waals surface area (Å²) in [5, 5.41) is 19.2. The van der Waals surface area contributed by atoms with Crippen molar-refractivity contribution in [2.45, 2.75) is 97.5 Å². The Balaban J connectivity index is 1.48. The Hall–Kier alpha value is -4.59. The van der Waals surface area contributed by atoms with Gasteiger partial charge in [-0.3, -0.25) is 0 Å². The summed E-state index contributed by atoms with van der Waals surface area (Å²) in [4.78, 5) is 12.8. The summed E-state index contributed by atoms with van der Waals surface area (Å²) in [5.74, 6) is 0.843. The molecule has 0 bridgehead atoms. The molecule has 0 aliphatic rings. The first-order valence-electron chi connectivity index (χ1n) is 16.9. The third kappa shape index (κ3) is 12.3. The predicted molar refractivity (Wildman–Crippen MR) is 189 cm³/mol. The van der Waals surface area contributed by atoms with Gasteiger partial charge >= 0.3 is 6.16 Å². The van der Waals surface area contributed by atoms with Crippen LogP contribution in [0.3, 0.4) is 0 Å². The van der Waals surface area contributed by atoms with E-state index < -0.39 is 11.8 Å². The summed E-state index contributed by atoms with van der Waals surface area (Å²) in [6.07, 6.45) is 11.7. The van der Waals surface area contributed by atoms with Crippen LogP contribution >= 0.6 is 0 Å². The molecule has 0 aromatic heterocycles. The molecule has 0 aliphatic heterocycles. The van der Waals surface area contributed by atoms with Gasteiger partial charge in [-0.25, -0.2) is 4.79 Å². The second-order valence-electron chi connectivity index (χ2n) is 12.6. The van der Waals surface area contributed by atoms with E-state index in [1.165, 1.54) is 51.4 Å². The van der Waals surface area contributed by atoms with Crippen LogP contribution in [-0.4, -0.2) is 18.4 Å². The van der Waals surface area contributed by atoms with E-state index >= 15 is 0 Å². The monoisotopic (exact) mass is 636 g/mol. The number of hydrogen-bond donors (Lipinski definition) is 0. The molecule has 8 heteroatoms. The lowest BCUT2D eigenvalue weighted by Crippen LogP contribution is -2.26. The van der Waals surface area contributed by atoms with Gasteiger partial charge in [0, 0.05) is 16.8 Å². The first-order chi connectivity index (χ1) is 22.8. The third-order valence-electron chi connectivity index (χ3n) is 7.43. The first kappa shape index (κ1) is 35.3. The van der Waals surface area contributed by atoms with Crippen LogP contribution in [0.15, 0.2) is 105 Å². The van der Waals surface area contributed by atoms with Crippen molar-refractivity contribution in [3.05, 3.63) is 84.9 Å². The van der Waals surface area contributed by atoms with Crippen molar-refractivity contribution in [2.24, 2.45) is 20.5 Å². The largest absolute Gasteiger partial charge is 0.514 e. The topological polar surface area (TPSA) is 94.2 Å². The molecule has 0 radical (unpaired) electrons. The molecule has 0 saturated heterocycles. The smallest absolute Gasteiger partial charge is 0.493 e. The van der Waals surface area contributed by atoms with E-state index in [9.17, 15) is 4.79 Å². The minimum atomic E-state index is -0.821. The van der Waals surface area contributed by atoms with E-state index in [2.05, 4.69) is 27.4 Å². The van der Waals surface area contributed by atoms with E-state index in [1.54, 1.807) is 26.8 Å². The number of carbonyl (C=O) groups excluding carboxylic acids is 1. The van der Waals surface area contributed by atoms with Gasteiger partial charge in [0.05, 0.1) is 23.7 Å². The standard InChI is InChI=1S/C39H48N4O4/c1-5-6-7-8-9-10-11-12-13-19-28-45-35-29-36(46-38(44)47-39(2,3)4)37(34-23-18-17-22-33(34)35)43-42-32-26-24-31(25-27-32)41-40-30-20-15-14-16-21-30/h14-18,20-27,29H,5-13,19,28H2,1-4H3.